The van der Waals surface area contributed by atoms with E-state index in [0.717, 1.165) is 13.1 Å². The second kappa shape index (κ2) is 5.27. The lowest BCUT2D eigenvalue weighted by Gasteiger charge is -2.13. The predicted molar refractivity (Wildman–Crippen MR) is 67.7 cm³/mol. The van der Waals surface area contributed by atoms with Crippen LogP contribution in [-0.2, 0) is 6.54 Å². The molecule has 1 unspecified atom stereocenters. The summed E-state index contributed by atoms with van der Waals surface area (Å²) in [4.78, 5) is 5.46. The molecule has 4 heteroatoms. The van der Waals surface area contributed by atoms with Gasteiger partial charge in [0, 0.05) is 36.4 Å². The van der Waals surface area contributed by atoms with Crippen LogP contribution in [0.15, 0.2) is 30.2 Å². The zero-order chi connectivity index (χ0) is 11.4. The molecule has 0 fully saturated rings. The van der Waals surface area contributed by atoms with Gasteiger partial charge in [0.05, 0.1) is 6.33 Å². The maximum atomic E-state index is 4.02. The van der Waals surface area contributed by atoms with Crippen LogP contribution < -0.4 is 5.32 Å². The van der Waals surface area contributed by atoms with E-state index in [2.05, 4.69) is 40.2 Å². The summed E-state index contributed by atoms with van der Waals surface area (Å²) < 4.78 is 2.08. The Balaban J connectivity index is 1.80. The Morgan fingerprint density at radius 3 is 3.06 bits per heavy atom. The van der Waals surface area contributed by atoms with Crippen molar-refractivity contribution in [2.75, 3.05) is 6.54 Å². The number of hydrogen-bond donors (Lipinski definition) is 1. The lowest BCUT2D eigenvalue weighted by Crippen LogP contribution is -2.22. The van der Waals surface area contributed by atoms with Gasteiger partial charge in [-0.25, -0.2) is 4.98 Å². The summed E-state index contributed by atoms with van der Waals surface area (Å²) in [6, 6.07) is 2.61. The molecule has 86 valence electrons. The van der Waals surface area contributed by atoms with Crippen molar-refractivity contribution in [3.63, 3.8) is 0 Å². The number of nitrogens with one attached hydrogen (secondary N) is 1. The first-order chi connectivity index (χ1) is 7.77. The highest BCUT2D eigenvalue weighted by Gasteiger charge is 2.08. The van der Waals surface area contributed by atoms with Gasteiger partial charge in [0.2, 0.25) is 0 Å². The number of nitrogens with zero attached hydrogens (tertiary/aromatic N) is 2. The number of aryl methyl sites for hydroxylation is 1. The summed E-state index contributed by atoms with van der Waals surface area (Å²) in [5, 5.41) is 5.68. The van der Waals surface area contributed by atoms with Crippen LogP contribution in [0.5, 0.6) is 0 Å². The molecule has 2 aromatic heterocycles. The van der Waals surface area contributed by atoms with Crippen molar-refractivity contribution >= 4 is 11.3 Å². The van der Waals surface area contributed by atoms with E-state index in [0.29, 0.717) is 6.04 Å². The summed E-state index contributed by atoms with van der Waals surface area (Å²) in [6.45, 7) is 6.32. The van der Waals surface area contributed by atoms with E-state index in [-0.39, 0.29) is 0 Å². The smallest absolute Gasteiger partial charge is 0.0946 e. The van der Waals surface area contributed by atoms with Crippen LogP contribution in [-0.4, -0.2) is 16.1 Å². The fourth-order valence-corrected chi connectivity index (χ4v) is 2.71. The Bertz CT molecular complexity index is 419. The first kappa shape index (κ1) is 11.4. The highest BCUT2D eigenvalue weighted by atomic mass is 32.1. The van der Waals surface area contributed by atoms with Crippen molar-refractivity contribution in [2.45, 2.75) is 26.4 Å². The van der Waals surface area contributed by atoms with Gasteiger partial charge in [0.1, 0.15) is 0 Å². The van der Waals surface area contributed by atoms with Crippen molar-refractivity contribution in [1.29, 1.82) is 0 Å². The van der Waals surface area contributed by atoms with Crippen molar-refractivity contribution < 1.29 is 0 Å². The molecule has 0 saturated carbocycles. The fourth-order valence-electron chi connectivity index (χ4n) is 1.75. The molecule has 0 aliphatic carbocycles. The zero-order valence-corrected chi connectivity index (χ0v) is 10.5. The van der Waals surface area contributed by atoms with Crippen LogP contribution >= 0.6 is 11.3 Å². The lowest BCUT2D eigenvalue weighted by molar-refractivity contribution is 0.535. The van der Waals surface area contributed by atoms with Crippen LogP contribution in [0, 0.1) is 6.92 Å². The number of imidazole rings is 1. The Hall–Kier alpha value is -1.13. The van der Waals surface area contributed by atoms with Gasteiger partial charge in [-0.3, -0.25) is 0 Å². The third-order valence-electron chi connectivity index (χ3n) is 2.67. The molecule has 3 nitrogen and oxygen atoms in total. The molecule has 0 aliphatic rings. The molecule has 0 amide bonds. The molecule has 2 heterocycles. The van der Waals surface area contributed by atoms with Crippen molar-refractivity contribution in [2.24, 2.45) is 0 Å². The van der Waals surface area contributed by atoms with Gasteiger partial charge in [-0.15, -0.1) is 11.3 Å². The molecule has 0 bridgehead atoms. The third kappa shape index (κ3) is 2.71. The molecule has 0 aliphatic heterocycles. The van der Waals surface area contributed by atoms with Gasteiger partial charge < -0.3 is 9.88 Å². The van der Waals surface area contributed by atoms with E-state index in [1.807, 2.05) is 30.1 Å². The van der Waals surface area contributed by atoms with Crippen molar-refractivity contribution in [1.82, 2.24) is 14.9 Å². The Morgan fingerprint density at radius 2 is 2.44 bits per heavy atom. The summed E-state index contributed by atoms with van der Waals surface area (Å²) >= 11 is 1.82. The minimum Gasteiger partial charge on any atom is -0.336 e. The maximum Gasteiger partial charge on any atom is 0.0946 e. The monoisotopic (exact) mass is 235 g/mol. The second-order valence-corrected chi connectivity index (χ2v) is 4.89. The minimum atomic E-state index is 0.434. The van der Waals surface area contributed by atoms with E-state index >= 15 is 0 Å². The van der Waals surface area contributed by atoms with E-state index in [1.54, 1.807) is 0 Å². The predicted octanol–water partition coefficient (Wildman–Crippen LogP) is 2.60. The second-order valence-electron chi connectivity index (χ2n) is 3.94. The Kier molecular flexibility index (Phi) is 3.74. The molecule has 2 aromatic rings. The number of thiophene rings is 1. The van der Waals surface area contributed by atoms with Gasteiger partial charge in [0.15, 0.2) is 0 Å². The van der Waals surface area contributed by atoms with Gasteiger partial charge in [-0.05, 0) is 30.9 Å². The molecule has 1 atom stereocenters. The normalized spacial score (nSPS) is 12.9. The molecule has 16 heavy (non-hydrogen) atoms. The van der Waals surface area contributed by atoms with E-state index < -0.39 is 0 Å². The molecule has 0 aromatic carbocycles. The van der Waals surface area contributed by atoms with Crippen LogP contribution in [0.25, 0.3) is 0 Å². The average molecular weight is 235 g/mol. The fraction of sp³-hybridized carbons (Fsp3) is 0.417. The molecule has 1 N–H and O–H groups in total. The van der Waals surface area contributed by atoms with Crippen LogP contribution in [0.3, 0.4) is 0 Å². The van der Waals surface area contributed by atoms with Gasteiger partial charge in [0.25, 0.3) is 0 Å². The summed E-state index contributed by atoms with van der Waals surface area (Å²) in [5.74, 6) is 0. The molecular weight excluding hydrogens is 218 g/mol. The topological polar surface area (TPSA) is 29.9 Å². The average Bonchev–Trinajstić information content (AvgIpc) is 2.88. The molecule has 2 rings (SSSR count). The largest absolute Gasteiger partial charge is 0.336 e. The summed E-state index contributed by atoms with van der Waals surface area (Å²) in [5.41, 5.74) is 1.38. The van der Waals surface area contributed by atoms with E-state index in [1.165, 1.54) is 10.4 Å². The van der Waals surface area contributed by atoms with E-state index in [9.17, 15) is 0 Å². The third-order valence-corrected chi connectivity index (χ3v) is 3.88. The highest BCUT2D eigenvalue weighted by Crippen LogP contribution is 2.22. The minimum absolute atomic E-state index is 0.434. The van der Waals surface area contributed by atoms with Gasteiger partial charge >= 0.3 is 0 Å². The van der Waals surface area contributed by atoms with Crippen LogP contribution in [0.2, 0.25) is 0 Å². The highest BCUT2D eigenvalue weighted by molar-refractivity contribution is 7.10. The molecule has 0 saturated heterocycles. The van der Waals surface area contributed by atoms with Crippen LogP contribution in [0.1, 0.15) is 23.4 Å². The van der Waals surface area contributed by atoms with Crippen molar-refractivity contribution in [3.8, 4) is 0 Å². The molecule has 0 radical (unpaired) electrons. The number of rotatable bonds is 5. The molecular formula is C12H17N3S. The van der Waals surface area contributed by atoms with E-state index in [4.69, 9.17) is 0 Å². The summed E-state index contributed by atoms with van der Waals surface area (Å²) in [6.07, 6.45) is 5.65. The molecule has 0 spiro atoms. The first-order valence-electron chi connectivity index (χ1n) is 5.50. The van der Waals surface area contributed by atoms with Crippen LogP contribution in [0.4, 0.5) is 0 Å². The van der Waals surface area contributed by atoms with Crippen molar-refractivity contribution in [3.05, 3.63) is 40.6 Å². The first-order valence-corrected chi connectivity index (χ1v) is 6.38. The SMILES string of the molecule is Cc1ccsc1C(C)NCCn1ccnc1. The number of aromatic nitrogens is 2. The van der Waals surface area contributed by atoms with Gasteiger partial charge in [-0.1, -0.05) is 0 Å². The summed E-state index contributed by atoms with van der Waals surface area (Å²) in [7, 11) is 0. The lowest BCUT2D eigenvalue weighted by atomic mass is 10.2. The maximum absolute atomic E-state index is 4.02. The number of hydrogen-bond acceptors (Lipinski definition) is 3. The Morgan fingerprint density at radius 1 is 1.56 bits per heavy atom. The Labute approximate surface area is 100 Å². The standard InChI is InChI=1S/C12H17N3S/c1-10-3-8-16-12(10)11(2)14-5-7-15-6-4-13-9-15/h3-4,6,8-9,11,14H,5,7H2,1-2H3. The van der Waals surface area contributed by atoms with Gasteiger partial charge in [-0.2, -0.15) is 0 Å². The zero-order valence-electron chi connectivity index (χ0n) is 9.68. The quantitative estimate of drug-likeness (QED) is 0.863.